The number of aromatic nitrogens is 2. The minimum Gasteiger partial charge on any atom is -0.373 e. The van der Waals surface area contributed by atoms with Crippen LogP contribution in [0.4, 0.5) is 5.69 Å². The lowest BCUT2D eigenvalue weighted by atomic mass is 10.1. The summed E-state index contributed by atoms with van der Waals surface area (Å²) < 4.78 is 5.48. The molecule has 5 heteroatoms. The fraction of sp³-hybridized carbons (Fsp3) is 0.529. The van der Waals surface area contributed by atoms with Gasteiger partial charge in [-0.3, -0.25) is 4.90 Å². The van der Waals surface area contributed by atoms with Crippen molar-refractivity contribution >= 4 is 5.69 Å². The summed E-state index contributed by atoms with van der Waals surface area (Å²) in [5.74, 6) is 1.79. The Kier molecular flexibility index (Phi) is 4.16. The minimum absolute atomic E-state index is 0.125. The monoisotopic (exact) mass is 300 g/mol. The molecule has 22 heavy (non-hydrogen) atoms. The van der Waals surface area contributed by atoms with Crippen molar-refractivity contribution in [3.8, 4) is 0 Å². The van der Waals surface area contributed by atoms with Crippen LogP contribution in [0.1, 0.15) is 50.0 Å². The number of anilines is 1. The van der Waals surface area contributed by atoms with Gasteiger partial charge in [0.15, 0.2) is 5.82 Å². The second-order valence-electron chi connectivity index (χ2n) is 6.34. The fourth-order valence-corrected chi connectivity index (χ4v) is 2.85. The molecule has 0 bridgehead atoms. The van der Waals surface area contributed by atoms with Gasteiger partial charge in [0.2, 0.25) is 5.89 Å². The zero-order chi connectivity index (χ0) is 15.7. The summed E-state index contributed by atoms with van der Waals surface area (Å²) in [6.07, 6.45) is 0. The molecule has 0 radical (unpaired) electrons. The highest BCUT2D eigenvalue weighted by atomic mass is 16.5. The van der Waals surface area contributed by atoms with Crippen LogP contribution in [-0.2, 0) is 6.54 Å². The van der Waals surface area contributed by atoms with Crippen molar-refractivity contribution in [2.24, 2.45) is 0 Å². The summed E-state index contributed by atoms with van der Waals surface area (Å²) in [7, 11) is 2.15. The molecule has 1 aliphatic rings. The van der Waals surface area contributed by atoms with Crippen molar-refractivity contribution in [2.75, 3.05) is 25.0 Å². The predicted octanol–water partition coefficient (Wildman–Crippen LogP) is 3.21. The van der Waals surface area contributed by atoms with Gasteiger partial charge < -0.3 is 9.42 Å². The van der Waals surface area contributed by atoms with Crippen LogP contribution in [0.5, 0.6) is 0 Å². The standard InChI is InChI=1S/C17H24N4O/c1-12(2)16-18-17(22-19-16)13(3)21-10-9-20(4)15-8-6-5-7-14(15)11-21/h5-8,12-13H,9-11H2,1-4H3/t13-/m1/s1. The first kappa shape index (κ1) is 15.0. The van der Waals surface area contributed by atoms with E-state index in [0.29, 0.717) is 11.8 Å². The predicted molar refractivity (Wildman–Crippen MR) is 86.9 cm³/mol. The van der Waals surface area contributed by atoms with Crippen molar-refractivity contribution in [1.29, 1.82) is 0 Å². The Morgan fingerprint density at radius 2 is 1.91 bits per heavy atom. The Balaban J connectivity index is 1.82. The third-order valence-corrected chi connectivity index (χ3v) is 4.38. The molecule has 0 saturated heterocycles. The summed E-state index contributed by atoms with van der Waals surface area (Å²) in [4.78, 5) is 9.28. The van der Waals surface area contributed by atoms with Crippen LogP contribution in [0.3, 0.4) is 0 Å². The van der Waals surface area contributed by atoms with Crippen LogP contribution in [0.25, 0.3) is 0 Å². The van der Waals surface area contributed by atoms with Gasteiger partial charge in [0.05, 0.1) is 6.04 Å². The molecule has 0 aliphatic carbocycles. The summed E-state index contributed by atoms with van der Waals surface area (Å²) in [6.45, 7) is 9.18. The maximum atomic E-state index is 5.48. The lowest BCUT2D eigenvalue weighted by Crippen LogP contribution is -2.31. The molecule has 1 aliphatic heterocycles. The first-order valence-electron chi connectivity index (χ1n) is 7.93. The quantitative estimate of drug-likeness (QED) is 0.871. The molecule has 2 heterocycles. The zero-order valence-corrected chi connectivity index (χ0v) is 13.8. The normalized spacial score (nSPS) is 17.4. The van der Waals surface area contributed by atoms with Gasteiger partial charge in [-0.2, -0.15) is 4.98 Å². The number of para-hydroxylation sites is 1. The summed E-state index contributed by atoms with van der Waals surface area (Å²) in [5.41, 5.74) is 2.66. The maximum Gasteiger partial charge on any atom is 0.243 e. The molecule has 0 spiro atoms. The molecular weight excluding hydrogens is 276 g/mol. The highest BCUT2D eigenvalue weighted by Gasteiger charge is 2.25. The Hall–Kier alpha value is -1.88. The molecule has 0 amide bonds. The highest BCUT2D eigenvalue weighted by Crippen LogP contribution is 2.28. The molecule has 0 N–H and O–H groups in total. The average Bonchev–Trinajstić information content (AvgIpc) is 2.94. The number of likely N-dealkylation sites (N-methyl/N-ethyl adjacent to an activating group) is 1. The van der Waals surface area contributed by atoms with E-state index in [1.165, 1.54) is 11.3 Å². The van der Waals surface area contributed by atoms with E-state index in [0.717, 1.165) is 25.5 Å². The van der Waals surface area contributed by atoms with Gasteiger partial charge in [0.25, 0.3) is 0 Å². The van der Waals surface area contributed by atoms with Gasteiger partial charge in [-0.25, -0.2) is 0 Å². The van der Waals surface area contributed by atoms with Gasteiger partial charge in [-0.15, -0.1) is 0 Å². The van der Waals surface area contributed by atoms with E-state index in [9.17, 15) is 0 Å². The van der Waals surface area contributed by atoms with Crippen molar-refractivity contribution in [1.82, 2.24) is 15.0 Å². The Morgan fingerprint density at radius 1 is 1.14 bits per heavy atom. The number of benzene rings is 1. The Morgan fingerprint density at radius 3 is 2.64 bits per heavy atom. The van der Waals surface area contributed by atoms with Crippen LogP contribution in [0, 0.1) is 0 Å². The second-order valence-corrected chi connectivity index (χ2v) is 6.34. The molecule has 118 valence electrons. The number of nitrogens with zero attached hydrogens (tertiary/aromatic N) is 4. The van der Waals surface area contributed by atoms with Crippen molar-refractivity contribution in [3.05, 3.63) is 41.5 Å². The van der Waals surface area contributed by atoms with Crippen molar-refractivity contribution in [2.45, 2.75) is 39.3 Å². The van der Waals surface area contributed by atoms with Crippen LogP contribution >= 0.6 is 0 Å². The van der Waals surface area contributed by atoms with Crippen molar-refractivity contribution in [3.63, 3.8) is 0 Å². The Labute approximate surface area is 131 Å². The highest BCUT2D eigenvalue weighted by molar-refractivity contribution is 5.53. The number of fused-ring (bicyclic) bond motifs is 1. The van der Waals surface area contributed by atoms with E-state index in [-0.39, 0.29) is 6.04 Å². The molecule has 0 fully saturated rings. The third kappa shape index (κ3) is 2.86. The molecule has 1 atom stereocenters. The van der Waals surface area contributed by atoms with E-state index in [1.54, 1.807) is 0 Å². The topological polar surface area (TPSA) is 45.4 Å². The third-order valence-electron chi connectivity index (χ3n) is 4.38. The van der Waals surface area contributed by atoms with Crippen LogP contribution < -0.4 is 4.90 Å². The number of rotatable bonds is 3. The van der Waals surface area contributed by atoms with Gasteiger partial charge in [-0.1, -0.05) is 37.2 Å². The van der Waals surface area contributed by atoms with Gasteiger partial charge in [0, 0.05) is 38.3 Å². The largest absolute Gasteiger partial charge is 0.373 e. The Bertz CT molecular complexity index is 637. The summed E-state index contributed by atoms with van der Waals surface area (Å²) >= 11 is 0. The molecule has 0 saturated carbocycles. The van der Waals surface area contributed by atoms with Gasteiger partial charge >= 0.3 is 0 Å². The van der Waals surface area contributed by atoms with E-state index < -0.39 is 0 Å². The van der Waals surface area contributed by atoms with Gasteiger partial charge in [0.1, 0.15) is 0 Å². The minimum atomic E-state index is 0.125. The number of hydrogen-bond donors (Lipinski definition) is 0. The smallest absolute Gasteiger partial charge is 0.243 e. The molecule has 1 aromatic carbocycles. The molecular formula is C17H24N4O. The molecule has 5 nitrogen and oxygen atoms in total. The maximum absolute atomic E-state index is 5.48. The zero-order valence-electron chi connectivity index (χ0n) is 13.8. The second kappa shape index (κ2) is 6.08. The van der Waals surface area contributed by atoms with E-state index in [2.05, 4.69) is 72.0 Å². The fourth-order valence-electron chi connectivity index (χ4n) is 2.85. The van der Waals surface area contributed by atoms with Crippen LogP contribution in [0.2, 0.25) is 0 Å². The summed E-state index contributed by atoms with van der Waals surface area (Å²) in [6, 6.07) is 8.71. The number of hydrogen-bond acceptors (Lipinski definition) is 5. The SMILES string of the molecule is CC(C)c1noc([C@@H](C)N2CCN(C)c3ccccc3C2)n1. The summed E-state index contributed by atoms with van der Waals surface area (Å²) in [5, 5.41) is 4.09. The average molecular weight is 300 g/mol. The molecule has 2 aromatic rings. The molecule has 1 aromatic heterocycles. The van der Waals surface area contributed by atoms with E-state index in [1.807, 2.05) is 0 Å². The lowest BCUT2D eigenvalue weighted by molar-refractivity contribution is 0.172. The molecule has 3 rings (SSSR count). The first-order valence-corrected chi connectivity index (χ1v) is 7.93. The van der Waals surface area contributed by atoms with Crippen LogP contribution in [0.15, 0.2) is 28.8 Å². The van der Waals surface area contributed by atoms with Crippen LogP contribution in [-0.4, -0.2) is 35.2 Å². The van der Waals surface area contributed by atoms with Gasteiger partial charge in [-0.05, 0) is 18.6 Å². The first-order chi connectivity index (χ1) is 10.6. The molecule has 0 unspecified atom stereocenters. The van der Waals surface area contributed by atoms with E-state index >= 15 is 0 Å². The van der Waals surface area contributed by atoms with Crippen molar-refractivity contribution < 1.29 is 4.52 Å². The van der Waals surface area contributed by atoms with E-state index in [4.69, 9.17) is 4.52 Å². The lowest BCUT2D eigenvalue weighted by Gasteiger charge is -2.24.